The molecule has 2 nitrogen and oxygen atoms in total. The van der Waals surface area contributed by atoms with Gasteiger partial charge in [-0.2, -0.15) is 0 Å². The second kappa shape index (κ2) is 4.33. The van der Waals surface area contributed by atoms with Crippen LogP contribution in [-0.2, 0) is 6.54 Å². The molecule has 0 unspecified atom stereocenters. The zero-order valence-electron chi connectivity index (χ0n) is 9.39. The third kappa shape index (κ3) is 2.80. The SMILES string of the molecule is C[N+]1(Cc2ccccc2)CCC(O)CC1. The highest BCUT2D eigenvalue weighted by molar-refractivity contribution is 5.13. The van der Waals surface area contributed by atoms with E-state index >= 15 is 0 Å². The highest BCUT2D eigenvalue weighted by atomic mass is 16.3. The fourth-order valence-corrected chi connectivity index (χ4v) is 2.36. The smallest absolute Gasteiger partial charge is 0.104 e. The lowest BCUT2D eigenvalue weighted by atomic mass is 10.0. The lowest BCUT2D eigenvalue weighted by Gasteiger charge is -2.39. The minimum atomic E-state index is -0.0630. The molecule has 1 aliphatic rings. The summed E-state index contributed by atoms with van der Waals surface area (Å²) in [6, 6.07) is 10.6. The summed E-state index contributed by atoms with van der Waals surface area (Å²) in [6.07, 6.45) is 1.83. The average molecular weight is 206 g/mol. The van der Waals surface area contributed by atoms with Gasteiger partial charge >= 0.3 is 0 Å². The number of hydrogen-bond donors (Lipinski definition) is 1. The highest BCUT2D eigenvalue weighted by Gasteiger charge is 2.28. The van der Waals surface area contributed by atoms with Crippen LogP contribution >= 0.6 is 0 Å². The standard InChI is InChI=1S/C13H20NO/c1-14(9-7-13(15)8-10-14)11-12-5-3-2-4-6-12/h2-6,13,15H,7-11H2,1H3/q+1. The third-order valence-electron chi connectivity index (χ3n) is 3.41. The van der Waals surface area contributed by atoms with Crippen LogP contribution in [-0.4, -0.2) is 35.8 Å². The maximum Gasteiger partial charge on any atom is 0.104 e. The summed E-state index contributed by atoms with van der Waals surface area (Å²) >= 11 is 0. The van der Waals surface area contributed by atoms with E-state index in [1.165, 1.54) is 5.56 Å². The van der Waals surface area contributed by atoms with Crippen LogP contribution in [0.15, 0.2) is 30.3 Å². The van der Waals surface area contributed by atoms with Crippen molar-refractivity contribution >= 4 is 0 Å². The molecule has 1 N–H and O–H groups in total. The Labute approximate surface area is 91.7 Å². The molecule has 82 valence electrons. The second-order valence-corrected chi connectivity index (χ2v) is 4.94. The van der Waals surface area contributed by atoms with Gasteiger partial charge in [-0.05, 0) is 0 Å². The summed E-state index contributed by atoms with van der Waals surface area (Å²) < 4.78 is 1.07. The molecule has 1 aromatic carbocycles. The number of piperidine rings is 1. The van der Waals surface area contributed by atoms with E-state index in [9.17, 15) is 5.11 Å². The molecule has 0 spiro atoms. The van der Waals surface area contributed by atoms with Crippen LogP contribution in [0.25, 0.3) is 0 Å². The van der Waals surface area contributed by atoms with Crippen molar-refractivity contribution in [2.75, 3.05) is 20.1 Å². The highest BCUT2D eigenvalue weighted by Crippen LogP contribution is 2.20. The Balaban J connectivity index is 1.99. The Morgan fingerprint density at radius 2 is 1.80 bits per heavy atom. The zero-order valence-corrected chi connectivity index (χ0v) is 9.39. The Morgan fingerprint density at radius 1 is 1.20 bits per heavy atom. The topological polar surface area (TPSA) is 20.2 Å². The van der Waals surface area contributed by atoms with E-state index in [0.717, 1.165) is 37.0 Å². The van der Waals surface area contributed by atoms with Crippen LogP contribution in [0.1, 0.15) is 18.4 Å². The van der Waals surface area contributed by atoms with Crippen molar-refractivity contribution < 1.29 is 9.59 Å². The second-order valence-electron chi connectivity index (χ2n) is 4.94. The number of hydrogen-bond acceptors (Lipinski definition) is 1. The lowest BCUT2D eigenvalue weighted by molar-refractivity contribution is -0.928. The molecule has 0 saturated carbocycles. The number of likely N-dealkylation sites (tertiary alicyclic amines) is 1. The van der Waals surface area contributed by atoms with Gasteiger partial charge < -0.3 is 9.59 Å². The molecule has 0 radical (unpaired) electrons. The minimum absolute atomic E-state index is 0.0630. The van der Waals surface area contributed by atoms with Gasteiger partial charge in [-0.25, -0.2) is 0 Å². The normalized spacial score (nSPS) is 31.5. The predicted molar refractivity (Wildman–Crippen MR) is 61.3 cm³/mol. The minimum Gasteiger partial charge on any atom is -0.393 e. The van der Waals surface area contributed by atoms with E-state index in [0.29, 0.717) is 0 Å². The first kappa shape index (κ1) is 10.7. The van der Waals surface area contributed by atoms with E-state index in [1.807, 2.05) is 0 Å². The van der Waals surface area contributed by atoms with Gasteiger partial charge in [0.15, 0.2) is 0 Å². The Bertz CT molecular complexity index is 302. The maximum atomic E-state index is 9.50. The molecule has 0 aromatic heterocycles. The van der Waals surface area contributed by atoms with Crippen molar-refractivity contribution in [2.45, 2.75) is 25.5 Å². The molecule has 0 bridgehead atoms. The van der Waals surface area contributed by atoms with Crippen molar-refractivity contribution in [2.24, 2.45) is 0 Å². The number of aliphatic hydroxyl groups excluding tert-OH is 1. The fraction of sp³-hybridized carbons (Fsp3) is 0.538. The number of nitrogens with zero attached hydrogens (tertiary/aromatic N) is 1. The summed E-state index contributed by atoms with van der Waals surface area (Å²) in [4.78, 5) is 0. The average Bonchev–Trinajstić information content (AvgIpc) is 2.24. The molecule has 0 aliphatic carbocycles. The van der Waals surface area contributed by atoms with Crippen molar-refractivity contribution in [1.29, 1.82) is 0 Å². The van der Waals surface area contributed by atoms with E-state index in [1.54, 1.807) is 0 Å². The van der Waals surface area contributed by atoms with Gasteiger partial charge in [-0.15, -0.1) is 0 Å². The van der Waals surface area contributed by atoms with Crippen molar-refractivity contribution in [3.05, 3.63) is 35.9 Å². The molecule has 1 fully saturated rings. The van der Waals surface area contributed by atoms with E-state index in [2.05, 4.69) is 37.4 Å². The Kier molecular flexibility index (Phi) is 3.08. The number of rotatable bonds is 2. The molecule has 1 aliphatic heterocycles. The molecule has 0 amide bonds. The van der Waals surface area contributed by atoms with E-state index in [-0.39, 0.29) is 6.10 Å². The maximum absolute atomic E-state index is 9.50. The van der Waals surface area contributed by atoms with Gasteiger partial charge in [0.1, 0.15) is 6.54 Å². The van der Waals surface area contributed by atoms with Crippen LogP contribution < -0.4 is 0 Å². The lowest BCUT2D eigenvalue weighted by Crippen LogP contribution is -2.50. The van der Waals surface area contributed by atoms with Crippen LogP contribution in [0.5, 0.6) is 0 Å². The van der Waals surface area contributed by atoms with Gasteiger partial charge in [-0.1, -0.05) is 30.3 Å². The largest absolute Gasteiger partial charge is 0.393 e. The van der Waals surface area contributed by atoms with Crippen LogP contribution in [0.2, 0.25) is 0 Å². The van der Waals surface area contributed by atoms with Gasteiger partial charge in [-0.3, -0.25) is 0 Å². The van der Waals surface area contributed by atoms with Gasteiger partial charge in [0.05, 0.1) is 26.2 Å². The zero-order chi connectivity index (χ0) is 10.7. The summed E-state index contributed by atoms with van der Waals surface area (Å²) in [5, 5.41) is 9.50. The van der Waals surface area contributed by atoms with Crippen molar-refractivity contribution in [3.63, 3.8) is 0 Å². The molecule has 2 heteroatoms. The molecular formula is C13H20NO+. The number of quaternary nitrogens is 1. The monoisotopic (exact) mass is 206 g/mol. The third-order valence-corrected chi connectivity index (χ3v) is 3.41. The van der Waals surface area contributed by atoms with E-state index in [4.69, 9.17) is 0 Å². The molecule has 1 saturated heterocycles. The van der Waals surface area contributed by atoms with Gasteiger partial charge in [0.2, 0.25) is 0 Å². The number of benzene rings is 1. The molecule has 15 heavy (non-hydrogen) atoms. The molecule has 0 atom stereocenters. The van der Waals surface area contributed by atoms with Crippen LogP contribution in [0.4, 0.5) is 0 Å². The first-order chi connectivity index (χ1) is 7.18. The summed E-state index contributed by atoms with van der Waals surface area (Å²) in [6.45, 7) is 3.28. The Hall–Kier alpha value is -0.860. The van der Waals surface area contributed by atoms with Crippen LogP contribution in [0, 0.1) is 0 Å². The van der Waals surface area contributed by atoms with Crippen molar-refractivity contribution in [3.8, 4) is 0 Å². The molecule has 1 aromatic rings. The van der Waals surface area contributed by atoms with Crippen LogP contribution in [0.3, 0.4) is 0 Å². The first-order valence-corrected chi connectivity index (χ1v) is 5.73. The summed E-state index contributed by atoms with van der Waals surface area (Å²) in [7, 11) is 2.29. The fourth-order valence-electron chi connectivity index (χ4n) is 2.36. The molecule has 1 heterocycles. The molecule has 2 rings (SSSR count). The van der Waals surface area contributed by atoms with Gasteiger partial charge in [0, 0.05) is 18.4 Å². The predicted octanol–water partition coefficient (Wildman–Crippen LogP) is 1.79. The Morgan fingerprint density at radius 3 is 2.40 bits per heavy atom. The summed E-state index contributed by atoms with van der Waals surface area (Å²) in [5.41, 5.74) is 1.40. The van der Waals surface area contributed by atoms with Crippen molar-refractivity contribution in [1.82, 2.24) is 0 Å². The van der Waals surface area contributed by atoms with E-state index < -0.39 is 0 Å². The van der Waals surface area contributed by atoms with Gasteiger partial charge in [0.25, 0.3) is 0 Å². The quantitative estimate of drug-likeness (QED) is 0.731. The first-order valence-electron chi connectivity index (χ1n) is 5.73. The molecular weight excluding hydrogens is 186 g/mol. The number of aliphatic hydroxyl groups is 1. The summed E-state index contributed by atoms with van der Waals surface area (Å²) in [5.74, 6) is 0.